The number of hydrogen-bond donors (Lipinski definition) is 9. The topological polar surface area (TPSA) is 239 Å². The van der Waals surface area contributed by atoms with Gasteiger partial charge in [0.2, 0.25) is 23.0 Å². The number of phenols is 9. The van der Waals surface area contributed by atoms with E-state index in [-0.39, 0.29) is 22.2 Å². The van der Waals surface area contributed by atoms with Gasteiger partial charge in [0.25, 0.3) is 0 Å². The third-order valence-electron chi connectivity index (χ3n) is 12.0. The standard InChI is InChI=1S/C51H33BN4O10/c52-38-39(57)35(40(58)44(62)43(38)61)25-20-31(37-41(59)45(63)47(65)46(64)42(37)60)36-28-14-7-8-17-32(28)56(33(36)21-25)26-18-19-34-30(22-26)27-15-9-16-29(48(27)66-34)51-54-49(23-10-3-1-4-11-23)53-50(55-51)24-12-5-2-6-13-24/h1-22,57-65H,52H2. The van der Waals surface area contributed by atoms with E-state index in [4.69, 9.17) is 19.4 Å². The lowest BCUT2D eigenvalue weighted by atomic mass is 9.86. The summed E-state index contributed by atoms with van der Waals surface area (Å²) in [5.74, 6) is -7.12. The highest BCUT2D eigenvalue weighted by molar-refractivity contribution is 6.37. The molecule has 66 heavy (non-hydrogen) atoms. The van der Waals surface area contributed by atoms with Crippen LogP contribution in [-0.4, -0.2) is 73.3 Å². The number of benzene rings is 8. The number of fused-ring (bicyclic) bond motifs is 6. The van der Waals surface area contributed by atoms with Crippen molar-refractivity contribution in [3.05, 3.63) is 133 Å². The number of furan rings is 1. The molecular formula is C51H33BN4O10. The lowest BCUT2D eigenvalue weighted by molar-refractivity contribution is 0.330. The molecule has 15 heteroatoms. The molecule has 0 fully saturated rings. The van der Waals surface area contributed by atoms with E-state index >= 15 is 0 Å². The van der Waals surface area contributed by atoms with Crippen LogP contribution in [0.3, 0.4) is 0 Å². The van der Waals surface area contributed by atoms with E-state index in [0.717, 1.165) is 16.5 Å². The second-order valence-electron chi connectivity index (χ2n) is 15.8. The van der Waals surface area contributed by atoms with Crippen molar-refractivity contribution in [2.24, 2.45) is 0 Å². The first-order valence-corrected chi connectivity index (χ1v) is 20.5. The molecule has 0 unspecified atom stereocenters. The van der Waals surface area contributed by atoms with E-state index in [9.17, 15) is 46.0 Å². The van der Waals surface area contributed by atoms with Gasteiger partial charge in [0.1, 0.15) is 24.8 Å². The summed E-state index contributed by atoms with van der Waals surface area (Å²) < 4.78 is 8.48. The number of rotatable bonds is 6. The molecule has 0 amide bonds. The average molecular weight is 873 g/mol. The zero-order valence-corrected chi connectivity index (χ0v) is 34.4. The van der Waals surface area contributed by atoms with Crippen molar-refractivity contribution < 1.29 is 50.4 Å². The van der Waals surface area contributed by atoms with Crippen LogP contribution in [0.2, 0.25) is 0 Å². The van der Waals surface area contributed by atoms with Crippen LogP contribution >= 0.6 is 0 Å². The van der Waals surface area contributed by atoms with Gasteiger partial charge in [-0.3, -0.25) is 0 Å². The highest BCUT2D eigenvalue weighted by Crippen LogP contribution is 2.58. The summed E-state index contributed by atoms with van der Waals surface area (Å²) in [4.78, 5) is 14.7. The smallest absolute Gasteiger partial charge is 0.208 e. The highest BCUT2D eigenvalue weighted by atomic mass is 16.4. The first kappa shape index (κ1) is 39.5. The van der Waals surface area contributed by atoms with E-state index in [0.29, 0.717) is 67.1 Å². The van der Waals surface area contributed by atoms with Gasteiger partial charge < -0.3 is 54.9 Å². The van der Waals surface area contributed by atoms with Gasteiger partial charge in [-0.15, -0.1) is 0 Å². The Morgan fingerprint density at radius 3 is 1.64 bits per heavy atom. The predicted octanol–water partition coefficient (Wildman–Crippen LogP) is 8.81. The summed E-state index contributed by atoms with van der Waals surface area (Å²) >= 11 is 0. The molecule has 0 spiro atoms. The molecule has 0 radical (unpaired) electrons. The van der Waals surface area contributed by atoms with Crippen LogP contribution in [-0.2, 0) is 0 Å². The van der Waals surface area contributed by atoms with Gasteiger partial charge in [-0.2, -0.15) is 0 Å². The maximum absolute atomic E-state index is 11.4. The fourth-order valence-corrected chi connectivity index (χ4v) is 8.78. The van der Waals surface area contributed by atoms with E-state index in [1.807, 2.05) is 114 Å². The van der Waals surface area contributed by atoms with Crippen molar-refractivity contribution in [1.29, 1.82) is 0 Å². The summed E-state index contributed by atoms with van der Waals surface area (Å²) in [6.07, 6.45) is 0. The third-order valence-corrected chi connectivity index (χ3v) is 12.0. The first-order valence-electron chi connectivity index (χ1n) is 20.5. The van der Waals surface area contributed by atoms with Crippen molar-refractivity contribution in [2.75, 3.05) is 0 Å². The Morgan fingerprint density at radius 1 is 0.409 bits per heavy atom. The maximum atomic E-state index is 11.4. The second kappa shape index (κ2) is 14.6. The number of para-hydroxylation sites is 2. The SMILES string of the molecule is Bc1c(O)c(O)c(O)c(-c2cc(-c3c(O)c(O)c(O)c(O)c3O)c3c4ccccc4n(-c4ccc5oc6c(-c7nc(-c8ccccc8)nc(-c8ccccc8)n7)cccc6c5c4)c3c2)c1O. The summed E-state index contributed by atoms with van der Waals surface area (Å²) in [6, 6.07) is 40.7. The molecule has 14 nitrogen and oxygen atoms in total. The summed E-state index contributed by atoms with van der Waals surface area (Å²) in [5, 5.41) is 101. The normalized spacial score (nSPS) is 11.6. The molecule has 320 valence electrons. The van der Waals surface area contributed by atoms with Gasteiger partial charge in [-0.1, -0.05) is 91.0 Å². The van der Waals surface area contributed by atoms with Crippen LogP contribution in [0.4, 0.5) is 0 Å². The Morgan fingerprint density at radius 2 is 0.970 bits per heavy atom. The van der Waals surface area contributed by atoms with Gasteiger partial charge >= 0.3 is 0 Å². The Balaban J connectivity index is 1.19. The van der Waals surface area contributed by atoms with Gasteiger partial charge in [0, 0.05) is 43.9 Å². The van der Waals surface area contributed by atoms with Crippen molar-refractivity contribution in [3.8, 4) is 114 Å². The molecule has 11 rings (SSSR count). The minimum absolute atomic E-state index is 0.0161. The van der Waals surface area contributed by atoms with Crippen molar-refractivity contribution >= 4 is 57.1 Å². The fraction of sp³-hybridized carbons (Fsp3) is 0. The molecule has 3 heterocycles. The number of aromatic nitrogens is 4. The molecule has 0 atom stereocenters. The summed E-state index contributed by atoms with van der Waals surface area (Å²) in [6.45, 7) is 0. The van der Waals surface area contributed by atoms with Crippen molar-refractivity contribution in [1.82, 2.24) is 19.5 Å². The van der Waals surface area contributed by atoms with Crippen molar-refractivity contribution in [3.63, 3.8) is 0 Å². The number of aromatic hydroxyl groups is 9. The molecule has 9 N–H and O–H groups in total. The summed E-state index contributed by atoms with van der Waals surface area (Å²) in [5.41, 5.74) is 3.88. The molecule has 0 saturated heterocycles. The number of nitrogens with zero attached hydrogens (tertiary/aromatic N) is 4. The lowest BCUT2D eigenvalue weighted by Gasteiger charge is -2.18. The molecule has 0 aliphatic heterocycles. The number of phenolic OH excluding ortho intramolecular Hbond substituents is 9. The second-order valence-corrected chi connectivity index (χ2v) is 15.8. The van der Waals surface area contributed by atoms with Crippen LogP contribution in [0.1, 0.15) is 0 Å². The van der Waals surface area contributed by atoms with E-state index < -0.39 is 57.3 Å². The van der Waals surface area contributed by atoms with Gasteiger partial charge in [-0.05, 0) is 53.5 Å². The van der Waals surface area contributed by atoms with Crippen LogP contribution in [0.25, 0.3) is 106 Å². The predicted molar refractivity (Wildman–Crippen MR) is 252 cm³/mol. The Hall–Kier alpha value is -9.37. The molecule has 0 aliphatic carbocycles. The quantitative estimate of drug-likeness (QED) is 0.0432. The fourth-order valence-electron chi connectivity index (χ4n) is 8.78. The minimum Gasteiger partial charge on any atom is -0.508 e. The van der Waals surface area contributed by atoms with Crippen LogP contribution < -0.4 is 5.46 Å². The van der Waals surface area contributed by atoms with E-state index in [1.54, 1.807) is 18.2 Å². The molecule has 11 aromatic rings. The van der Waals surface area contributed by atoms with Crippen LogP contribution in [0.5, 0.6) is 51.7 Å². The molecule has 0 saturated carbocycles. The summed E-state index contributed by atoms with van der Waals surface area (Å²) in [7, 11) is 1.33. The van der Waals surface area contributed by atoms with Gasteiger partial charge in [-0.25, -0.2) is 15.0 Å². The Labute approximate surface area is 373 Å². The monoisotopic (exact) mass is 872 g/mol. The van der Waals surface area contributed by atoms with E-state index in [1.165, 1.54) is 13.9 Å². The molecule has 3 aromatic heterocycles. The van der Waals surface area contributed by atoms with Crippen molar-refractivity contribution in [2.45, 2.75) is 0 Å². The molecular weight excluding hydrogens is 839 g/mol. The van der Waals surface area contributed by atoms with Crippen LogP contribution in [0.15, 0.2) is 138 Å². The lowest BCUT2D eigenvalue weighted by Crippen LogP contribution is -2.05. The van der Waals surface area contributed by atoms with Gasteiger partial charge in [0.05, 0.1) is 27.7 Å². The molecule has 8 aromatic carbocycles. The number of hydrogen-bond acceptors (Lipinski definition) is 13. The first-order chi connectivity index (χ1) is 31.9. The Bertz CT molecular complexity index is 3720. The van der Waals surface area contributed by atoms with Gasteiger partial charge in [0.15, 0.2) is 40.5 Å². The van der Waals surface area contributed by atoms with E-state index in [2.05, 4.69) is 0 Å². The zero-order valence-electron chi connectivity index (χ0n) is 34.4. The maximum Gasteiger partial charge on any atom is 0.208 e. The average Bonchev–Trinajstić information content (AvgIpc) is 3.90. The largest absolute Gasteiger partial charge is 0.508 e. The highest BCUT2D eigenvalue weighted by Gasteiger charge is 2.30. The minimum atomic E-state index is -1.16. The zero-order chi connectivity index (χ0) is 45.7. The van der Waals surface area contributed by atoms with Crippen LogP contribution in [0, 0.1) is 0 Å². The molecule has 0 aliphatic rings. The molecule has 0 bridgehead atoms. The Kier molecular flexibility index (Phi) is 8.74. The third kappa shape index (κ3) is 5.80.